The third-order valence-corrected chi connectivity index (χ3v) is 1.80. The van der Waals surface area contributed by atoms with E-state index in [4.69, 9.17) is 5.73 Å². The molecule has 0 unspecified atom stereocenters. The lowest BCUT2D eigenvalue weighted by atomic mass is 10.4. The van der Waals surface area contributed by atoms with Crippen LogP contribution in [-0.2, 0) is 0 Å². The van der Waals surface area contributed by atoms with Crippen molar-refractivity contribution in [1.82, 2.24) is 14.9 Å². The second-order valence-corrected chi connectivity index (χ2v) is 3.37. The fourth-order valence-electron chi connectivity index (χ4n) is 1.09. The highest BCUT2D eigenvalue weighted by atomic mass is 15.1. The second kappa shape index (κ2) is 5.39. The van der Waals surface area contributed by atoms with Gasteiger partial charge in [-0.2, -0.15) is 0 Å². The highest BCUT2D eigenvalue weighted by molar-refractivity contribution is 5.54. The van der Waals surface area contributed by atoms with E-state index in [2.05, 4.69) is 34.3 Å². The Morgan fingerprint density at radius 1 is 1.36 bits per heavy atom. The zero-order valence-corrected chi connectivity index (χ0v) is 8.70. The molecule has 0 aliphatic heterocycles. The summed E-state index contributed by atoms with van der Waals surface area (Å²) in [4.78, 5) is 10.2. The molecule has 5 heteroatoms. The standard InChI is InChI=1S/C9H17N5/c1-14(2)7-3-4-12-9-8(10)11-5-6-13-9/h5-6H,3-4,7H2,1-2H3,(H2,10,11)(H,12,13). The predicted molar refractivity (Wildman–Crippen MR) is 58.1 cm³/mol. The second-order valence-electron chi connectivity index (χ2n) is 3.37. The molecule has 1 rings (SSSR count). The van der Waals surface area contributed by atoms with Crippen LogP contribution >= 0.6 is 0 Å². The van der Waals surface area contributed by atoms with Gasteiger partial charge in [0.25, 0.3) is 0 Å². The fraction of sp³-hybridized carbons (Fsp3) is 0.556. The molecule has 0 amide bonds. The Bertz CT molecular complexity index is 274. The number of nitrogens with one attached hydrogen (secondary N) is 1. The van der Waals surface area contributed by atoms with Crippen LogP contribution in [0.5, 0.6) is 0 Å². The number of nitrogen functional groups attached to an aromatic ring is 1. The molecule has 14 heavy (non-hydrogen) atoms. The maximum atomic E-state index is 5.62. The molecule has 1 heterocycles. The van der Waals surface area contributed by atoms with Gasteiger partial charge < -0.3 is 16.0 Å². The van der Waals surface area contributed by atoms with E-state index in [1.165, 1.54) is 0 Å². The molecule has 0 saturated carbocycles. The first-order valence-corrected chi connectivity index (χ1v) is 4.65. The van der Waals surface area contributed by atoms with Crippen molar-refractivity contribution in [2.45, 2.75) is 6.42 Å². The normalized spacial score (nSPS) is 10.5. The van der Waals surface area contributed by atoms with Crippen LogP contribution in [0.3, 0.4) is 0 Å². The van der Waals surface area contributed by atoms with E-state index in [-0.39, 0.29) is 0 Å². The summed E-state index contributed by atoms with van der Waals surface area (Å²) in [5.41, 5.74) is 5.62. The molecule has 0 fully saturated rings. The molecule has 0 spiro atoms. The molecule has 1 aromatic heterocycles. The minimum absolute atomic E-state index is 0.456. The predicted octanol–water partition coefficient (Wildman–Crippen LogP) is 0.422. The molecule has 1 aromatic rings. The average Bonchev–Trinajstić information content (AvgIpc) is 2.15. The summed E-state index contributed by atoms with van der Waals surface area (Å²) in [7, 11) is 4.10. The SMILES string of the molecule is CN(C)CCCNc1nccnc1N. The number of nitrogens with zero attached hydrogens (tertiary/aromatic N) is 3. The third-order valence-electron chi connectivity index (χ3n) is 1.80. The van der Waals surface area contributed by atoms with E-state index < -0.39 is 0 Å². The van der Waals surface area contributed by atoms with Crippen molar-refractivity contribution in [3.8, 4) is 0 Å². The van der Waals surface area contributed by atoms with Crippen LogP contribution in [0.4, 0.5) is 11.6 Å². The van der Waals surface area contributed by atoms with Crippen LogP contribution in [-0.4, -0.2) is 42.1 Å². The Morgan fingerprint density at radius 2 is 2.07 bits per heavy atom. The van der Waals surface area contributed by atoms with Crippen LogP contribution in [0.15, 0.2) is 12.4 Å². The Hall–Kier alpha value is -1.36. The number of nitrogens with two attached hydrogens (primary N) is 1. The lowest BCUT2D eigenvalue weighted by molar-refractivity contribution is 0.405. The minimum atomic E-state index is 0.456. The fourth-order valence-corrected chi connectivity index (χ4v) is 1.09. The molecule has 3 N–H and O–H groups in total. The highest BCUT2D eigenvalue weighted by Gasteiger charge is 1.98. The molecular formula is C9H17N5. The first-order valence-electron chi connectivity index (χ1n) is 4.65. The van der Waals surface area contributed by atoms with Crippen molar-refractivity contribution in [3.05, 3.63) is 12.4 Å². The smallest absolute Gasteiger partial charge is 0.168 e. The van der Waals surface area contributed by atoms with Crippen LogP contribution in [0, 0.1) is 0 Å². The van der Waals surface area contributed by atoms with Gasteiger partial charge >= 0.3 is 0 Å². The molecule has 0 atom stereocenters. The van der Waals surface area contributed by atoms with Crippen LogP contribution in [0.1, 0.15) is 6.42 Å². The summed E-state index contributed by atoms with van der Waals surface area (Å²) in [6.45, 7) is 1.91. The van der Waals surface area contributed by atoms with Gasteiger partial charge in [-0.15, -0.1) is 0 Å². The van der Waals surface area contributed by atoms with E-state index in [9.17, 15) is 0 Å². The van der Waals surface area contributed by atoms with Crippen molar-refractivity contribution in [1.29, 1.82) is 0 Å². The maximum Gasteiger partial charge on any atom is 0.168 e. The number of hydrogen-bond donors (Lipinski definition) is 2. The van der Waals surface area contributed by atoms with Crippen LogP contribution in [0.2, 0.25) is 0 Å². The molecule has 0 saturated heterocycles. The lowest BCUT2D eigenvalue weighted by Crippen LogP contribution is -2.17. The Balaban J connectivity index is 2.28. The van der Waals surface area contributed by atoms with E-state index in [0.29, 0.717) is 11.6 Å². The van der Waals surface area contributed by atoms with Crippen molar-refractivity contribution < 1.29 is 0 Å². The van der Waals surface area contributed by atoms with Gasteiger partial charge in [-0.05, 0) is 27.1 Å². The maximum absolute atomic E-state index is 5.62. The van der Waals surface area contributed by atoms with Crippen LogP contribution in [0.25, 0.3) is 0 Å². The third kappa shape index (κ3) is 3.57. The van der Waals surface area contributed by atoms with E-state index in [1.807, 2.05) is 0 Å². The van der Waals surface area contributed by atoms with Gasteiger partial charge in [0.05, 0.1) is 0 Å². The molecule has 0 aromatic carbocycles. The number of rotatable bonds is 5. The Morgan fingerprint density at radius 3 is 2.71 bits per heavy atom. The largest absolute Gasteiger partial charge is 0.381 e. The average molecular weight is 195 g/mol. The molecule has 5 nitrogen and oxygen atoms in total. The summed E-state index contributed by atoms with van der Waals surface area (Å²) < 4.78 is 0. The quantitative estimate of drug-likeness (QED) is 0.667. The summed E-state index contributed by atoms with van der Waals surface area (Å²) in [6, 6.07) is 0. The number of anilines is 2. The monoisotopic (exact) mass is 195 g/mol. The van der Waals surface area contributed by atoms with E-state index >= 15 is 0 Å². The Labute approximate surface area is 84.3 Å². The van der Waals surface area contributed by atoms with Gasteiger partial charge in [0.1, 0.15) is 0 Å². The molecular weight excluding hydrogens is 178 g/mol. The molecule has 0 aliphatic carbocycles. The molecule has 0 aliphatic rings. The van der Waals surface area contributed by atoms with Crippen molar-refractivity contribution in [2.24, 2.45) is 0 Å². The molecule has 78 valence electrons. The zero-order valence-electron chi connectivity index (χ0n) is 8.70. The van der Waals surface area contributed by atoms with E-state index in [0.717, 1.165) is 19.5 Å². The van der Waals surface area contributed by atoms with Gasteiger partial charge in [-0.1, -0.05) is 0 Å². The lowest BCUT2D eigenvalue weighted by Gasteiger charge is -2.10. The summed E-state index contributed by atoms with van der Waals surface area (Å²) in [5.74, 6) is 1.13. The number of aromatic nitrogens is 2. The van der Waals surface area contributed by atoms with Gasteiger partial charge in [0.15, 0.2) is 11.6 Å². The minimum Gasteiger partial charge on any atom is -0.381 e. The molecule has 0 radical (unpaired) electrons. The van der Waals surface area contributed by atoms with Crippen molar-refractivity contribution >= 4 is 11.6 Å². The van der Waals surface area contributed by atoms with Crippen LogP contribution < -0.4 is 11.1 Å². The van der Waals surface area contributed by atoms with Gasteiger partial charge in [-0.3, -0.25) is 0 Å². The first kappa shape index (κ1) is 10.7. The number of hydrogen-bond acceptors (Lipinski definition) is 5. The van der Waals surface area contributed by atoms with Gasteiger partial charge in [0, 0.05) is 18.9 Å². The summed E-state index contributed by atoms with van der Waals surface area (Å²) in [6.07, 6.45) is 4.27. The van der Waals surface area contributed by atoms with Crippen molar-refractivity contribution in [3.63, 3.8) is 0 Å². The van der Waals surface area contributed by atoms with Gasteiger partial charge in [-0.25, -0.2) is 9.97 Å². The zero-order chi connectivity index (χ0) is 10.4. The van der Waals surface area contributed by atoms with Crippen molar-refractivity contribution in [2.75, 3.05) is 38.2 Å². The first-order chi connectivity index (χ1) is 6.70. The summed E-state index contributed by atoms with van der Waals surface area (Å²) >= 11 is 0. The summed E-state index contributed by atoms with van der Waals surface area (Å²) in [5, 5.41) is 3.14. The topological polar surface area (TPSA) is 67.1 Å². The Kier molecular flexibility index (Phi) is 4.12. The van der Waals surface area contributed by atoms with E-state index in [1.54, 1.807) is 12.4 Å². The van der Waals surface area contributed by atoms with Gasteiger partial charge in [0.2, 0.25) is 0 Å². The molecule has 0 bridgehead atoms. The highest BCUT2D eigenvalue weighted by Crippen LogP contribution is 2.08.